The molecule has 92 valence electrons. The quantitative estimate of drug-likeness (QED) is 0.815. The Kier molecular flexibility index (Phi) is 4.04. The number of carbonyl (C=O) groups excluding carboxylic acids is 1. The molecule has 0 unspecified atom stereocenters. The Morgan fingerprint density at radius 3 is 2.83 bits per heavy atom. The zero-order chi connectivity index (χ0) is 13.0. The SMILES string of the molecule is COc1ccc(Br)cc1CC(=O)c1ccnnc1. The lowest BCUT2D eigenvalue weighted by Crippen LogP contribution is -2.05. The van der Waals surface area contributed by atoms with E-state index < -0.39 is 0 Å². The zero-order valence-corrected chi connectivity index (χ0v) is 11.3. The molecule has 0 aliphatic heterocycles. The highest BCUT2D eigenvalue weighted by molar-refractivity contribution is 9.10. The maximum Gasteiger partial charge on any atom is 0.169 e. The van der Waals surface area contributed by atoms with E-state index >= 15 is 0 Å². The van der Waals surface area contributed by atoms with Crippen LogP contribution in [-0.2, 0) is 6.42 Å². The number of benzene rings is 1. The average molecular weight is 307 g/mol. The summed E-state index contributed by atoms with van der Waals surface area (Å²) in [6.07, 6.45) is 3.24. The smallest absolute Gasteiger partial charge is 0.169 e. The molecule has 0 bridgehead atoms. The lowest BCUT2D eigenvalue weighted by atomic mass is 10.0. The summed E-state index contributed by atoms with van der Waals surface area (Å²) in [5.74, 6) is 0.690. The lowest BCUT2D eigenvalue weighted by molar-refractivity contribution is 0.0991. The fourth-order valence-corrected chi connectivity index (χ4v) is 2.02. The van der Waals surface area contributed by atoms with E-state index in [0.29, 0.717) is 11.3 Å². The van der Waals surface area contributed by atoms with Crippen LogP contribution in [0.5, 0.6) is 5.75 Å². The van der Waals surface area contributed by atoms with Gasteiger partial charge in [-0.05, 0) is 24.3 Å². The van der Waals surface area contributed by atoms with Gasteiger partial charge in [0.25, 0.3) is 0 Å². The highest BCUT2D eigenvalue weighted by Gasteiger charge is 2.11. The largest absolute Gasteiger partial charge is 0.496 e. The molecule has 2 aromatic rings. The number of Topliss-reactive ketones (excluding diaryl/α,β-unsaturated/α-hetero) is 1. The van der Waals surface area contributed by atoms with Crippen molar-refractivity contribution in [2.24, 2.45) is 0 Å². The van der Waals surface area contributed by atoms with Crippen LogP contribution in [-0.4, -0.2) is 23.1 Å². The van der Waals surface area contributed by atoms with Gasteiger partial charge >= 0.3 is 0 Å². The van der Waals surface area contributed by atoms with Crippen LogP contribution in [0.15, 0.2) is 41.1 Å². The van der Waals surface area contributed by atoms with E-state index in [1.165, 1.54) is 12.4 Å². The van der Waals surface area contributed by atoms with Crippen LogP contribution < -0.4 is 4.74 Å². The fourth-order valence-electron chi connectivity index (χ4n) is 1.62. The summed E-state index contributed by atoms with van der Waals surface area (Å²) in [5.41, 5.74) is 1.39. The topological polar surface area (TPSA) is 52.1 Å². The van der Waals surface area contributed by atoms with Gasteiger partial charge in [0.1, 0.15) is 5.75 Å². The van der Waals surface area contributed by atoms with Gasteiger partial charge in [0, 0.05) is 22.0 Å². The first-order valence-corrected chi connectivity index (χ1v) is 6.12. The van der Waals surface area contributed by atoms with Crippen molar-refractivity contribution < 1.29 is 9.53 Å². The molecule has 0 saturated heterocycles. The van der Waals surface area contributed by atoms with Crippen LogP contribution in [0.2, 0.25) is 0 Å². The van der Waals surface area contributed by atoms with Gasteiger partial charge in [0.05, 0.1) is 19.5 Å². The maximum atomic E-state index is 12.1. The number of nitrogens with zero attached hydrogens (tertiary/aromatic N) is 2. The monoisotopic (exact) mass is 306 g/mol. The first kappa shape index (κ1) is 12.7. The summed E-state index contributed by atoms with van der Waals surface area (Å²) in [6.45, 7) is 0. The molecule has 0 fully saturated rings. The van der Waals surface area contributed by atoms with Gasteiger partial charge in [0.15, 0.2) is 5.78 Å². The first-order chi connectivity index (χ1) is 8.70. The molecule has 2 rings (SSSR count). The number of ether oxygens (including phenoxy) is 1. The standard InChI is InChI=1S/C13H11BrN2O2/c1-18-13-3-2-11(14)6-10(13)7-12(17)9-4-5-15-16-8-9/h2-6,8H,7H2,1H3. The minimum atomic E-state index is -0.0127. The minimum absolute atomic E-state index is 0.0127. The Labute approximate surface area is 113 Å². The Bertz CT molecular complexity index is 558. The number of hydrogen-bond donors (Lipinski definition) is 0. The Morgan fingerprint density at radius 1 is 1.33 bits per heavy atom. The van der Waals surface area contributed by atoms with E-state index in [2.05, 4.69) is 26.1 Å². The van der Waals surface area contributed by atoms with E-state index in [-0.39, 0.29) is 12.2 Å². The van der Waals surface area contributed by atoms with Crippen molar-refractivity contribution in [3.05, 3.63) is 52.3 Å². The summed E-state index contributed by atoms with van der Waals surface area (Å²) >= 11 is 3.38. The van der Waals surface area contributed by atoms with Crippen molar-refractivity contribution in [1.82, 2.24) is 10.2 Å². The molecule has 1 heterocycles. The molecule has 5 heteroatoms. The average Bonchev–Trinajstić information content (AvgIpc) is 2.40. The molecule has 0 amide bonds. The number of hydrogen-bond acceptors (Lipinski definition) is 4. The molecular formula is C13H11BrN2O2. The van der Waals surface area contributed by atoms with E-state index in [1.807, 2.05) is 18.2 Å². The van der Waals surface area contributed by atoms with Crippen molar-refractivity contribution in [2.75, 3.05) is 7.11 Å². The van der Waals surface area contributed by atoms with E-state index in [1.54, 1.807) is 13.2 Å². The highest BCUT2D eigenvalue weighted by atomic mass is 79.9. The molecule has 4 nitrogen and oxygen atoms in total. The molecular weight excluding hydrogens is 296 g/mol. The molecule has 18 heavy (non-hydrogen) atoms. The van der Waals surface area contributed by atoms with Crippen LogP contribution in [0.3, 0.4) is 0 Å². The molecule has 1 aromatic carbocycles. The van der Waals surface area contributed by atoms with Crippen LogP contribution >= 0.6 is 15.9 Å². The first-order valence-electron chi connectivity index (χ1n) is 5.33. The molecule has 0 N–H and O–H groups in total. The van der Waals surface area contributed by atoms with Gasteiger partial charge in [0.2, 0.25) is 0 Å². The molecule has 0 radical (unpaired) electrons. The third-order valence-corrected chi connectivity index (χ3v) is 2.99. The lowest BCUT2D eigenvalue weighted by Gasteiger charge is -2.08. The fraction of sp³-hybridized carbons (Fsp3) is 0.154. The predicted molar refractivity (Wildman–Crippen MR) is 70.8 cm³/mol. The summed E-state index contributed by atoms with van der Waals surface area (Å²) in [4.78, 5) is 12.1. The number of halogens is 1. The summed E-state index contributed by atoms with van der Waals surface area (Å²) in [5, 5.41) is 7.34. The Hall–Kier alpha value is -1.75. The Balaban J connectivity index is 2.24. The zero-order valence-electron chi connectivity index (χ0n) is 9.76. The van der Waals surface area contributed by atoms with E-state index in [4.69, 9.17) is 4.74 Å². The highest BCUT2D eigenvalue weighted by Crippen LogP contribution is 2.24. The van der Waals surface area contributed by atoms with Crippen molar-refractivity contribution >= 4 is 21.7 Å². The molecule has 0 saturated carbocycles. The van der Waals surface area contributed by atoms with Crippen LogP contribution in [0.4, 0.5) is 0 Å². The van der Waals surface area contributed by atoms with Crippen molar-refractivity contribution in [1.29, 1.82) is 0 Å². The number of methoxy groups -OCH3 is 1. The van der Waals surface area contributed by atoms with Crippen molar-refractivity contribution in [3.63, 3.8) is 0 Å². The van der Waals surface area contributed by atoms with Crippen LogP contribution in [0, 0.1) is 0 Å². The van der Waals surface area contributed by atoms with Gasteiger partial charge in [-0.1, -0.05) is 15.9 Å². The maximum absolute atomic E-state index is 12.1. The van der Waals surface area contributed by atoms with Gasteiger partial charge in [-0.3, -0.25) is 4.79 Å². The molecule has 0 spiro atoms. The number of carbonyl (C=O) groups is 1. The molecule has 0 aliphatic rings. The summed E-state index contributed by atoms with van der Waals surface area (Å²) in [7, 11) is 1.59. The Morgan fingerprint density at radius 2 is 2.17 bits per heavy atom. The van der Waals surface area contributed by atoms with Gasteiger partial charge in [-0.25, -0.2) is 0 Å². The van der Waals surface area contributed by atoms with Crippen LogP contribution in [0.25, 0.3) is 0 Å². The van der Waals surface area contributed by atoms with Crippen molar-refractivity contribution in [3.8, 4) is 5.75 Å². The van der Waals surface area contributed by atoms with Gasteiger partial charge in [-0.15, -0.1) is 0 Å². The minimum Gasteiger partial charge on any atom is -0.496 e. The normalized spacial score (nSPS) is 10.1. The van der Waals surface area contributed by atoms with Crippen LogP contribution in [0.1, 0.15) is 15.9 Å². The van der Waals surface area contributed by atoms with E-state index in [0.717, 1.165) is 10.0 Å². The summed E-state index contributed by atoms with van der Waals surface area (Å²) < 4.78 is 6.15. The number of aromatic nitrogens is 2. The van der Waals surface area contributed by atoms with Gasteiger partial charge < -0.3 is 4.74 Å². The molecule has 1 aromatic heterocycles. The number of ketones is 1. The second kappa shape index (κ2) is 5.73. The molecule has 0 aliphatic carbocycles. The third-order valence-electron chi connectivity index (χ3n) is 2.50. The van der Waals surface area contributed by atoms with Gasteiger partial charge in [-0.2, -0.15) is 10.2 Å². The summed E-state index contributed by atoms with van der Waals surface area (Å²) in [6, 6.07) is 7.24. The number of rotatable bonds is 4. The molecule has 0 atom stereocenters. The second-order valence-corrected chi connectivity index (χ2v) is 4.60. The second-order valence-electron chi connectivity index (χ2n) is 3.69. The van der Waals surface area contributed by atoms with Crippen molar-refractivity contribution in [2.45, 2.75) is 6.42 Å². The predicted octanol–water partition coefficient (Wildman–Crippen LogP) is 2.67. The third kappa shape index (κ3) is 2.92. The van der Waals surface area contributed by atoms with E-state index in [9.17, 15) is 4.79 Å².